The summed E-state index contributed by atoms with van der Waals surface area (Å²) in [5, 5.41) is 0.519. The number of benzene rings is 2. The first-order valence-electron chi connectivity index (χ1n) is 11.2. The first kappa shape index (κ1) is 22.1. The van der Waals surface area contributed by atoms with Gasteiger partial charge in [0.1, 0.15) is 11.3 Å². The largest absolute Gasteiger partial charge is 0.494 e. The number of hydrogen-bond donors (Lipinski definition) is 1. The third-order valence-electron chi connectivity index (χ3n) is 6.14. The predicted molar refractivity (Wildman–Crippen MR) is 125 cm³/mol. The number of quaternary nitrogens is 1. The Balaban J connectivity index is 1.89. The highest BCUT2D eigenvalue weighted by Crippen LogP contribution is 2.39. The lowest BCUT2D eigenvalue weighted by Gasteiger charge is -2.25. The van der Waals surface area contributed by atoms with Gasteiger partial charge in [-0.3, -0.25) is 9.59 Å². The van der Waals surface area contributed by atoms with Crippen molar-refractivity contribution in [1.29, 1.82) is 0 Å². The smallest absolute Gasteiger partial charge is 0.290 e. The van der Waals surface area contributed by atoms with E-state index in [0.717, 1.165) is 35.4 Å². The van der Waals surface area contributed by atoms with Gasteiger partial charge >= 0.3 is 0 Å². The molecule has 0 aliphatic carbocycles. The lowest BCUT2D eigenvalue weighted by Crippen LogP contribution is -3.05. The molecule has 0 unspecified atom stereocenters. The van der Waals surface area contributed by atoms with Crippen molar-refractivity contribution in [3.63, 3.8) is 0 Å². The van der Waals surface area contributed by atoms with Gasteiger partial charge in [-0.2, -0.15) is 0 Å². The Kier molecular flexibility index (Phi) is 6.07. The Morgan fingerprint density at radius 3 is 2.56 bits per heavy atom. The summed E-state index contributed by atoms with van der Waals surface area (Å²) in [6.45, 7) is 7.90. The third-order valence-corrected chi connectivity index (χ3v) is 6.14. The molecule has 0 fully saturated rings. The summed E-state index contributed by atoms with van der Waals surface area (Å²) in [6, 6.07) is 10.9. The second-order valence-corrected chi connectivity index (χ2v) is 8.82. The molecule has 0 bridgehead atoms. The Morgan fingerprint density at radius 2 is 1.84 bits per heavy atom. The van der Waals surface area contributed by atoms with Gasteiger partial charge in [0.25, 0.3) is 5.91 Å². The summed E-state index contributed by atoms with van der Waals surface area (Å²) < 4.78 is 11.8. The maximum absolute atomic E-state index is 13.7. The summed E-state index contributed by atoms with van der Waals surface area (Å²) in [6.07, 6.45) is 0.829. The fourth-order valence-electron chi connectivity index (χ4n) is 4.40. The van der Waals surface area contributed by atoms with Gasteiger partial charge in [0, 0.05) is 13.0 Å². The molecule has 0 radical (unpaired) electrons. The Hall–Kier alpha value is -3.12. The molecule has 3 aromatic rings. The van der Waals surface area contributed by atoms with Gasteiger partial charge in [-0.05, 0) is 61.7 Å². The van der Waals surface area contributed by atoms with Gasteiger partial charge in [-0.1, -0.05) is 12.1 Å². The molecule has 1 atom stereocenters. The number of amides is 1. The van der Waals surface area contributed by atoms with E-state index in [1.807, 2.05) is 57.2 Å². The maximum atomic E-state index is 13.7. The fourth-order valence-corrected chi connectivity index (χ4v) is 4.40. The fraction of sp³-hybridized carbons (Fsp3) is 0.385. The molecule has 2 aromatic carbocycles. The molecule has 0 spiro atoms. The van der Waals surface area contributed by atoms with Crippen molar-refractivity contribution in [2.45, 2.75) is 33.2 Å². The van der Waals surface area contributed by atoms with Crippen LogP contribution in [0.5, 0.6) is 5.75 Å². The van der Waals surface area contributed by atoms with E-state index < -0.39 is 6.04 Å². The van der Waals surface area contributed by atoms with Gasteiger partial charge in [-0.15, -0.1) is 0 Å². The monoisotopic (exact) mass is 435 g/mol. The number of carbonyl (C=O) groups excluding carboxylic acids is 1. The summed E-state index contributed by atoms with van der Waals surface area (Å²) in [5.41, 5.74) is 3.66. The van der Waals surface area contributed by atoms with E-state index in [1.54, 1.807) is 4.90 Å². The van der Waals surface area contributed by atoms with Crippen LogP contribution in [0, 0.1) is 13.8 Å². The van der Waals surface area contributed by atoms with Crippen molar-refractivity contribution in [2.75, 3.05) is 33.8 Å². The zero-order valence-corrected chi connectivity index (χ0v) is 19.5. The number of aryl methyl sites for hydroxylation is 2. The molecular formula is C26H31N2O4+. The quantitative estimate of drug-likeness (QED) is 0.620. The van der Waals surface area contributed by atoms with Crippen molar-refractivity contribution < 1.29 is 18.8 Å². The lowest BCUT2D eigenvalue weighted by molar-refractivity contribution is -0.858. The standard InChI is InChI=1S/C26H30N2O4/c1-6-31-19-10-7-9-18(15-19)23-22-24(29)20-13-16(2)17(3)14-21(20)32-25(22)26(30)28(23)12-8-11-27(4)5/h7,9-10,13-15,23H,6,8,11-12H2,1-5H3/p+1/t23-/m0/s1. The Morgan fingerprint density at radius 1 is 1.09 bits per heavy atom. The van der Waals surface area contributed by atoms with E-state index in [0.29, 0.717) is 29.7 Å². The molecule has 6 heteroatoms. The normalized spacial score (nSPS) is 15.6. The Labute approximate surface area is 188 Å². The molecule has 168 valence electrons. The van der Waals surface area contributed by atoms with Crippen molar-refractivity contribution in [1.82, 2.24) is 4.90 Å². The zero-order valence-electron chi connectivity index (χ0n) is 19.5. The van der Waals surface area contributed by atoms with Crippen LogP contribution >= 0.6 is 0 Å². The molecule has 1 aromatic heterocycles. The van der Waals surface area contributed by atoms with Crippen LogP contribution in [-0.2, 0) is 0 Å². The second-order valence-electron chi connectivity index (χ2n) is 8.82. The molecule has 4 rings (SSSR count). The minimum atomic E-state index is -0.489. The molecule has 32 heavy (non-hydrogen) atoms. The van der Waals surface area contributed by atoms with Gasteiger partial charge in [0.2, 0.25) is 5.76 Å². The van der Waals surface area contributed by atoms with Crippen LogP contribution in [0.3, 0.4) is 0 Å². The number of hydrogen-bond acceptors (Lipinski definition) is 4. The summed E-state index contributed by atoms with van der Waals surface area (Å²) >= 11 is 0. The number of carbonyl (C=O) groups is 1. The molecule has 0 saturated carbocycles. The average molecular weight is 436 g/mol. The van der Waals surface area contributed by atoms with E-state index in [2.05, 4.69) is 14.1 Å². The van der Waals surface area contributed by atoms with Crippen LogP contribution < -0.4 is 15.1 Å². The third kappa shape index (κ3) is 3.91. The molecule has 2 heterocycles. The number of nitrogens with one attached hydrogen (secondary N) is 1. The SMILES string of the molecule is CCOc1cccc([C@H]2c3c(oc4cc(C)c(C)cc4c3=O)C(=O)N2CCC[NH+](C)C)c1. The van der Waals surface area contributed by atoms with E-state index in [4.69, 9.17) is 9.15 Å². The highest BCUT2D eigenvalue weighted by atomic mass is 16.5. The van der Waals surface area contributed by atoms with Gasteiger partial charge in [-0.25, -0.2) is 0 Å². The molecular weight excluding hydrogens is 404 g/mol. The average Bonchev–Trinajstić information content (AvgIpc) is 3.02. The lowest BCUT2D eigenvalue weighted by atomic mass is 9.97. The summed E-state index contributed by atoms with van der Waals surface area (Å²) in [4.78, 5) is 30.2. The molecule has 1 amide bonds. The van der Waals surface area contributed by atoms with Crippen LogP contribution in [0.25, 0.3) is 11.0 Å². The molecule has 0 saturated heterocycles. The number of rotatable bonds is 7. The van der Waals surface area contributed by atoms with Crippen LogP contribution in [0.4, 0.5) is 0 Å². The van der Waals surface area contributed by atoms with E-state index in [1.165, 1.54) is 4.90 Å². The number of fused-ring (bicyclic) bond motifs is 2. The highest BCUT2D eigenvalue weighted by molar-refractivity contribution is 5.99. The topological polar surface area (TPSA) is 64.2 Å². The summed E-state index contributed by atoms with van der Waals surface area (Å²) in [5.74, 6) is 0.660. The van der Waals surface area contributed by atoms with Crippen LogP contribution in [0.15, 0.2) is 45.6 Å². The van der Waals surface area contributed by atoms with Crippen molar-refractivity contribution in [3.05, 3.63) is 74.6 Å². The molecule has 1 aliphatic heterocycles. The highest BCUT2D eigenvalue weighted by Gasteiger charge is 2.42. The van der Waals surface area contributed by atoms with E-state index in [9.17, 15) is 9.59 Å². The number of ether oxygens (including phenoxy) is 1. The minimum absolute atomic E-state index is 0.134. The van der Waals surface area contributed by atoms with Crippen LogP contribution in [-0.4, -0.2) is 44.6 Å². The maximum Gasteiger partial charge on any atom is 0.290 e. The van der Waals surface area contributed by atoms with Gasteiger partial charge in [0.15, 0.2) is 5.43 Å². The first-order valence-corrected chi connectivity index (χ1v) is 11.2. The van der Waals surface area contributed by atoms with Crippen molar-refractivity contribution in [3.8, 4) is 5.75 Å². The Bertz CT molecular complexity index is 1230. The first-order chi connectivity index (χ1) is 15.3. The second kappa shape index (κ2) is 8.79. The van der Waals surface area contributed by atoms with Crippen LogP contribution in [0.2, 0.25) is 0 Å². The predicted octanol–water partition coefficient (Wildman–Crippen LogP) is 2.89. The molecule has 1 aliphatic rings. The van der Waals surface area contributed by atoms with Gasteiger partial charge < -0.3 is 19.0 Å². The summed E-state index contributed by atoms with van der Waals surface area (Å²) in [7, 11) is 4.18. The molecule has 1 N–H and O–H groups in total. The molecule has 6 nitrogen and oxygen atoms in total. The van der Waals surface area contributed by atoms with E-state index in [-0.39, 0.29) is 17.1 Å². The van der Waals surface area contributed by atoms with Crippen molar-refractivity contribution in [2.24, 2.45) is 0 Å². The van der Waals surface area contributed by atoms with Crippen molar-refractivity contribution >= 4 is 16.9 Å². The van der Waals surface area contributed by atoms with Crippen LogP contribution in [0.1, 0.15) is 52.2 Å². The minimum Gasteiger partial charge on any atom is -0.494 e. The van der Waals surface area contributed by atoms with Gasteiger partial charge in [0.05, 0.1) is 44.2 Å². The van der Waals surface area contributed by atoms with E-state index >= 15 is 0 Å². The zero-order chi connectivity index (χ0) is 23.0. The number of nitrogens with zero attached hydrogens (tertiary/aromatic N) is 1.